The van der Waals surface area contributed by atoms with Crippen molar-refractivity contribution < 1.29 is 24.3 Å². The Morgan fingerprint density at radius 1 is 1.26 bits per heavy atom. The summed E-state index contributed by atoms with van der Waals surface area (Å²) in [6, 6.07) is 8.91. The van der Waals surface area contributed by atoms with Gasteiger partial charge in [0.25, 0.3) is 5.91 Å². The molecule has 0 bridgehead atoms. The molecule has 3 fully saturated rings. The van der Waals surface area contributed by atoms with Crippen LogP contribution < -0.4 is 10.6 Å². The predicted molar refractivity (Wildman–Crippen MR) is 133 cm³/mol. The zero-order valence-electron chi connectivity index (χ0n) is 18.9. The highest BCUT2D eigenvalue weighted by atomic mass is 32.2. The maximum atomic E-state index is 12.9. The number of β-lactam (4-membered cyclic amide) rings is 1. The third kappa shape index (κ3) is 4.72. The number of nitrogens with zero attached hydrogens (tertiary/aromatic N) is 2. The van der Waals surface area contributed by atoms with Gasteiger partial charge in [0.1, 0.15) is 17.1 Å². The summed E-state index contributed by atoms with van der Waals surface area (Å²) in [7, 11) is 0. The summed E-state index contributed by atoms with van der Waals surface area (Å²) >= 11 is 2.78. The molecular weight excluding hydrogens is 488 g/mol. The van der Waals surface area contributed by atoms with E-state index in [4.69, 9.17) is 0 Å². The number of carbonyl (C=O) groups is 4. The number of carboxylic acid groups (broad SMARTS) is 1. The van der Waals surface area contributed by atoms with Crippen LogP contribution in [0.4, 0.5) is 0 Å². The van der Waals surface area contributed by atoms with Gasteiger partial charge in [-0.1, -0.05) is 18.2 Å². The van der Waals surface area contributed by atoms with E-state index in [1.807, 2.05) is 35.2 Å². The van der Waals surface area contributed by atoms with Gasteiger partial charge in [-0.05, 0) is 43.2 Å². The van der Waals surface area contributed by atoms with E-state index in [1.165, 1.54) is 28.4 Å². The number of hydrogen-bond acceptors (Lipinski definition) is 7. The standard InChI is InChI=1S/C24H26N4O5S2/c29-18(13-34-17-4-2-1-3-5-17)26-19-22(31)28-20(24(32)33)15(12-35-23(19)28)10-14-7-9-27(21(14)30)16-6-8-25-11-16/h1-5,10,16,19,23,25H,6-9,11-13H2,(H,26,29)(H,32,33)/t16-,19-,23-/m1/s1. The molecule has 9 nitrogen and oxygen atoms in total. The molecule has 0 radical (unpaired) electrons. The van der Waals surface area contributed by atoms with E-state index in [0.29, 0.717) is 29.9 Å². The minimum Gasteiger partial charge on any atom is -0.477 e. The summed E-state index contributed by atoms with van der Waals surface area (Å²) in [5.74, 6) is -1.46. The minimum atomic E-state index is -1.21. The van der Waals surface area contributed by atoms with E-state index in [1.54, 1.807) is 6.08 Å². The number of likely N-dealkylation sites (tertiary alicyclic amines) is 1. The Kier molecular flexibility index (Phi) is 6.90. The number of fused-ring (bicyclic) bond motifs is 1. The lowest BCUT2D eigenvalue weighted by molar-refractivity contribution is -0.150. The van der Waals surface area contributed by atoms with Crippen LogP contribution in [0.5, 0.6) is 0 Å². The van der Waals surface area contributed by atoms with Gasteiger partial charge in [-0.15, -0.1) is 23.5 Å². The van der Waals surface area contributed by atoms with Crippen molar-refractivity contribution >= 4 is 47.2 Å². The number of carbonyl (C=O) groups excluding carboxylic acids is 3. The first-order valence-electron chi connectivity index (χ1n) is 11.5. The Labute approximate surface area is 211 Å². The molecule has 3 saturated heterocycles. The average molecular weight is 515 g/mol. The Balaban J connectivity index is 1.26. The molecule has 0 saturated carbocycles. The summed E-state index contributed by atoms with van der Waals surface area (Å²) in [5, 5.41) is 15.5. The van der Waals surface area contributed by atoms with Gasteiger partial charge in [-0.25, -0.2) is 4.79 Å². The van der Waals surface area contributed by atoms with Crippen molar-refractivity contribution in [3.8, 4) is 0 Å². The molecule has 1 aromatic carbocycles. The second-order valence-electron chi connectivity index (χ2n) is 8.80. The molecule has 1 aromatic rings. The van der Waals surface area contributed by atoms with Gasteiger partial charge >= 0.3 is 5.97 Å². The van der Waals surface area contributed by atoms with E-state index < -0.39 is 23.3 Å². The molecule has 4 aliphatic heterocycles. The SMILES string of the molecule is O=C(CSc1ccccc1)N[C@@H]1C(=O)N2C(C(=O)O)=C(C=C3CCN([C@@H]4CCNC4)C3=O)CS[C@H]12. The summed E-state index contributed by atoms with van der Waals surface area (Å²) in [6.45, 7) is 2.29. The van der Waals surface area contributed by atoms with E-state index >= 15 is 0 Å². The lowest BCUT2D eigenvalue weighted by Crippen LogP contribution is -2.70. The quantitative estimate of drug-likeness (QED) is 0.281. The highest BCUT2D eigenvalue weighted by Crippen LogP contribution is 2.41. The molecule has 3 atom stereocenters. The van der Waals surface area contributed by atoms with Crippen molar-refractivity contribution in [2.24, 2.45) is 0 Å². The Hall–Kier alpha value is -2.76. The van der Waals surface area contributed by atoms with Crippen LogP contribution in [-0.2, 0) is 19.2 Å². The average Bonchev–Trinajstić information content (AvgIpc) is 3.51. The number of carboxylic acids is 1. The lowest BCUT2D eigenvalue weighted by Gasteiger charge is -2.49. The largest absolute Gasteiger partial charge is 0.477 e. The van der Waals surface area contributed by atoms with E-state index in [0.717, 1.165) is 24.4 Å². The van der Waals surface area contributed by atoms with Gasteiger partial charge in [0.15, 0.2) is 0 Å². The van der Waals surface area contributed by atoms with Crippen LogP contribution in [0.25, 0.3) is 0 Å². The van der Waals surface area contributed by atoms with Crippen LogP contribution in [0, 0.1) is 0 Å². The summed E-state index contributed by atoms with van der Waals surface area (Å²) in [4.78, 5) is 54.4. The molecule has 11 heteroatoms. The zero-order chi connectivity index (χ0) is 24.5. The molecule has 5 rings (SSSR count). The van der Waals surface area contributed by atoms with Crippen LogP contribution >= 0.6 is 23.5 Å². The molecule has 4 aliphatic rings. The molecule has 35 heavy (non-hydrogen) atoms. The van der Waals surface area contributed by atoms with Crippen molar-refractivity contribution in [3.05, 3.63) is 53.3 Å². The third-order valence-electron chi connectivity index (χ3n) is 6.61. The van der Waals surface area contributed by atoms with E-state index in [9.17, 15) is 24.3 Å². The molecule has 0 aliphatic carbocycles. The molecule has 3 N–H and O–H groups in total. The summed E-state index contributed by atoms with van der Waals surface area (Å²) in [5.41, 5.74) is 0.955. The number of nitrogens with one attached hydrogen (secondary N) is 2. The van der Waals surface area contributed by atoms with Gasteiger partial charge in [0.05, 0.1) is 5.75 Å². The fraction of sp³-hybridized carbons (Fsp3) is 0.417. The first-order valence-corrected chi connectivity index (χ1v) is 13.6. The van der Waals surface area contributed by atoms with Crippen molar-refractivity contribution in [1.82, 2.24) is 20.4 Å². The lowest BCUT2D eigenvalue weighted by atomic mass is 10.0. The topological polar surface area (TPSA) is 119 Å². The number of benzene rings is 1. The van der Waals surface area contributed by atoms with Crippen LogP contribution in [0.3, 0.4) is 0 Å². The molecule has 184 valence electrons. The van der Waals surface area contributed by atoms with Gasteiger partial charge in [0, 0.05) is 35.4 Å². The molecular formula is C24H26N4O5S2. The van der Waals surface area contributed by atoms with Crippen LogP contribution in [-0.4, -0.2) is 87.2 Å². The van der Waals surface area contributed by atoms with Gasteiger partial charge in [0.2, 0.25) is 11.8 Å². The first kappa shape index (κ1) is 24.0. The fourth-order valence-corrected chi connectivity index (χ4v) is 6.90. The predicted octanol–water partition coefficient (Wildman–Crippen LogP) is 1.04. The summed E-state index contributed by atoms with van der Waals surface area (Å²) < 4.78 is 0. The summed E-state index contributed by atoms with van der Waals surface area (Å²) in [6.07, 6.45) is 3.14. The van der Waals surface area contributed by atoms with Crippen molar-refractivity contribution in [2.75, 3.05) is 31.1 Å². The highest BCUT2D eigenvalue weighted by Gasteiger charge is 2.54. The molecule has 0 aromatic heterocycles. The highest BCUT2D eigenvalue weighted by molar-refractivity contribution is 8.00. The number of aliphatic carboxylic acids is 1. The Bertz CT molecular complexity index is 1120. The van der Waals surface area contributed by atoms with Gasteiger partial charge in [-0.3, -0.25) is 19.3 Å². The molecule has 3 amide bonds. The van der Waals surface area contributed by atoms with Crippen molar-refractivity contribution in [2.45, 2.75) is 35.2 Å². The smallest absolute Gasteiger partial charge is 0.352 e. The molecule has 0 unspecified atom stereocenters. The van der Waals surface area contributed by atoms with E-state index in [2.05, 4.69) is 10.6 Å². The Morgan fingerprint density at radius 3 is 2.77 bits per heavy atom. The van der Waals surface area contributed by atoms with Crippen LogP contribution in [0.1, 0.15) is 12.8 Å². The minimum absolute atomic E-state index is 0.0564. The number of amides is 3. The third-order valence-corrected chi connectivity index (χ3v) is 8.93. The van der Waals surface area contributed by atoms with Crippen LogP contribution in [0.2, 0.25) is 0 Å². The second kappa shape index (κ2) is 10.1. The first-order chi connectivity index (χ1) is 16.9. The molecule has 4 heterocycles. The maximum Gasteiger partial charge on any atom is 0.352 e. The van der Waals surface area contributed by atoms with Gasteiger partial charge < -0.3 is 20.6 Å². The second-order valence-corrected chi connectivity index (χ2v) is 11.0. The number of thioether (sulfide) groups is 2. The number of rotatable bonds is 7. The van der Waals surface area contributed by atoms with Crippen LogP contribution in [0.15, 0.2) is 58.1 Å². The maximum absolute atomic E-state index is 12.9. The monoisotopic (exact) mass is 514 g/mol. The number of hydrogen-bond donors (Lipinski definition) is 3. The normalized spacial score (nSPS) is 27.3. The van der Waals surface area contributed by atoms with Crippen molar-refractivity contribution in [3.63, 3.8) is 0 Å². The van der Waals surface area contributed by atoms with E-state index in [-0.39, 0.29) is 29.3 Å². The zero-order valence-corrected chi connectivity index (χ0v) is 20.6. The Morgan fingerprint density at radius 2 is 2.06 bits per heavy atom. The van der Waals surface area contributed by atoms with Gasteiger partial charge in [-0.2, -0.15) is 0 Å². The number of allylic oxidation sites excluding steroid dienone is 1. The molecule has 0 spiro atoms. The fourth-order valence-electron chi connectivity index (χ4n) is 4.87. The van der Waals surface area contributed by atoms with Crippen molar-refractivity contribution in [1.29, 1.82) is 0 Å².